The molecule has 29 heavy (non-hydrogen) atoms. The van der Waals surface area contributed by atoms with Crippen molar-refractivity contribution in [2.75, 3.05) is 65.6 Å². The molecule has 1 aromatic rings. The van der Waals surface area contributed by atoms with Gasteiger partial charge in [-0.25, -0.2) is 4.79 Å². The van der Waals surface area contributed by atoms with Crippen LogP contribution in [0.3, 0.4) is 0 Å². The number of nitrogens with one attached hydrogen (secondary N) is 1. The summed E-state index contributed by atoms with van der Waals surface area (Å²) in [4.78, 5) is 21.1. The summed E-state index contributed by atoms with van der Waals surface area (Å²) in [6.07, 6.45) is 4.64. The maximum atomic E-state index is 12.6. The van der Waals surface area contributed by atoms with Crippen LogP contribution in [-0.2, 0) is 11.3 Å². The second-order valence-electron chi connectivity index (χ2n) is 8.83. The second kappa shape index (κ2) is 10.8. The van der Waals surface area contributed by atoms with Crippen LogP contribution in [0.25, 0.3) is 0 Å². The fraction of sp³-hybridized carbons (Fsp3) is 0.773. The molecule has 0 aromatic carbocycles. The van der Waals surface area contributed by atoms with Crippen molar-refractivity contribution in [2.24, 2.45) is 11.8 Å². The lowest BCUT2D eigenvalue weighted by Crippen LogP contribution is -2.48. The van der Waals surface area contributed by atoms with Gasteiger partial charge in [0.1, 0.15) is 0 Å². The number of carbonyl (C=O) groups excluding carboxylic acids is 1. The first-order valence-corrected chi connectivity index (χ1v) is 12.2. The van der Waals surface area contributed by atoms with Gasteiger partial charge in [0.05, 0.1) is 13.2 Å². The Kier molecular flexibility index (Phi) is 7.82. The van der Waals surface area contributed by atoms with Crippen LogP contribution >= 0.6 is 11.3 Å². The van der Waals surface area contributed by atoms with Gasteiger partial charge in [0.15, 0.2) is 0 Å². The zero-order valence-corrected chi connectivity index (χ0v) is 18.4. The van der Waals surface area contributed by atoms with E-state index in [0.29, 0.717) is 5.92 Å². The minimum absolute atomic E-state index is 0.149. The number of piperidine rings is 2. The number of carbonyl (C=O) groups is 1. The molecular formula is C22H36N4O2S. The Hall–Kier alpha value is -1.15. The number of hydrogen-bond acceptors (Lipinski definition) is 5. The highest BCUT2D eigenvalue weighted by Crippen LogP contribution is 2.21. The smallest absolute Gasteiger partial charge is 0.317 e. The third-order valence-corrected chi connectivity index (χ3v) is 7.59. The SMILES string of the molecule is O=C(NCC1CCN(Cc2cccs2)CC1)N1CCC(CN2CCOCC2)CC1. The highest BCUT2D eigenvalue weighted by molar-refractivity contribution is 7.09. The fourth-order valence-corrected chi connectivity index (χ4v) is 5.53. The molecule has 4 heterocycles. The topological polar surface area (TPSA) is 48.1 Å². The Morgan fingerprint density at radius 1 is 1.00 bits per heavy atom. The van der Waals surface area contributed by atoms with E-state index in [1.165, 1.54) is 24.3 Å². The van der Waals surface area contributed by atoms with Gasteiger partial charge in [-0.3, -0.25) is 9.80 Å². The van der Waals surface area contributed by atoms with Gasteiger partial charge in [-0.05, 0) is 62.1 Å². The summed E-state index contributed by atoms with van der Waals surface area (Å²) < 4.78 is 5.44. The first-order valence-electron chi connectivity index (χ1n) is 11.3. The standard InChI is InChI=1S/C22H36N4O2S/c27-22(26-9-5-20(6-10-26)17-25-11-13-28-14-12-25)23-16-19-3-7-24(8-4-19)18-21-2-1-15-29-21/h1-2,15,19-20H,3-14,16-18H2,(H,23,27). The van der Waals surface area contributed by atoms with Crippen molar-refractivity contribution in [3.8, 4) is 0 Å². The molecule has 7 heteroatoms. The van der Waals surface area contributed by atoms with Crippen LogP contribution in [0.5, 0.6) is 0 Å². The van der Waals surface area contributed by atoms with Gasteiger partial charge in [-0.15, -0.1) is 11.3 Å². The number of ether oxygens (including phenoxy) is 1. The summed E-state index contributed by atoms with van der Waals surface area (Å²) in [5.41, 5.74) is 0. The van der Waals surface area contributed by atoms with E-state index in [0.717, 1.165) is 84.3 Å². The van der Waals surface area contributed by atoms with Crippen LogP contribution in [0.4, 0.5) is 4.79 Å². The van der Waals surface area contributed by atoms with E-state index < -0.39 is 0 Å². The molecule has 3 fully saturated rings. The number of amides is 2. The Morgan fingerprint density at radius 3 is 2.41 bits per heavy atom. The molecule has 3 aliphatic rings. The molecule has 1 N–H and O–H groups in total. The van der Waals surface area contributed by atoms with Crippen LogP contribution in [0.2, 0.25) is 0 Å². The summed E-state index contributed by atoms with van der Waals surface area (Å²) in [7, 11) is 0. The van der Waals surface area contributed by atoms with Crippen molar-refractivity contribution in [2.45, 2.75) is 32.2 Å². The van der Waals surface area contributed by atoms with Crippen molar-refractivity contribution in [1.29, 1.82) is 0 Å². The number of morpholine rings is 1. The Balaban J connectivity index is 1.09. The molecule has 0 atom stereocenters. The Morgan fingerprint density at radius 2 is 1.72 bits per heavy atom. The van der Waals surface area contributed by atoms with Gasteiger partial charge in [0.25, 0.3) is 0 Å². The minimum Gasteiger partial charge on any atom is -0.379 e. The van der Waals surface area contributed by atoms with Crippen molar-refractivity contribution in [1.82, 2.24) is 20.0 Å². The number of urea groups is 1. The van der Waals surface area contributed by atoms with E-state index in [4.69, 9.17) is 4.74 Å². The molecular weight excluding hydrogens is 384 g/mol. The highest BCUT2D eigenvalue weighted by atomic mass is 32.1. The van der Waals surface area contributed by atoms with Gasteiger partial charge in [-0.2, -0.15) is 0 Å². The zero-order valence-electron chi connectivity index (χ0n) is 17.6. The van der Waals surface area contributed by atoms with Crippen molar-refractivity contribution < 1.29 is 9.53 Å². The predicted molar refractivity (Wildman–Crippen MR) is 117 cm³/mol. The molecule has 0 aliphatic carbocycles. The Bertz CT molecular complexity index is 604. The molecule has 6 nitrogen and oxygen atoms in total. The average molecular weight is 421 g/mol. The van der Waals surface area contributed by atoms with Crippen molar-refractivity contribution in [3.05, 3.63) is 22.4 Å². The van der Waals surface area contributed by atoms with E-state index >= 15 is 0 Å². The largest absolute Gasteiger partial charge is 0.379 e. The maximum Gasteiger partial charge on any atom is 0.317 e. The highest BCUT2D eigenvalue weighted by Gasteiger charge is 2.26. The Labute approximate surface area is 179 Å². The van der Waals surface area contributed by atoms with E-state index in [-0.39, 0.29) is 6.03 Å². The van der Waals surface area contributed by atoms with Gasteiger partial charge in [-0.1, -0.05) is 6.07 Å². The van der Waals surface area contributed by atoms with Gasteiger partial charge >= 0.3 is 6.03 Å². The van der Waals surface area contributed by atoms with Gasteiger partial charge in [0.2, 0.25) is 0 Å². The third kappa shape index (κ3) is 6.41. The normalized spacial score (nSPS) is 23.4. The van der Waals surface area contributed by atoms with E-state index in [1.54, 1.807) is 0 Å². The third-order valence-electron chi connectivity index (χ3n) is 6.73. The number of nitrogens with zero attached hydrogens (tertiary/aromatic N) is 3. The second-order valence-corrected chi connectivity index (χ2v) is 9.86. The monoisotopic (exact) mass is 420 g/mol. The van der Waals surface area contributed by atoms with Crippen LogP contribution in [0.15, 0.2) is 17.5 Å². The summed E-state index contributed by atoms with van der Waals surface area (Å²) in [5, 5.41) is 5.38. The number of likely N-dealkylation sites (tertiary alicyclic amines) is 2. The maximum absolute atomic E-state index is 12.6. The molecule has 3 saturated heterocycles. The molecule has 2 amide bonds. The van der Waals surface area contributed by atoms with Crippen LogP contribution in [0.1, 0.15) is 30.6 Å². The molecule has 0 bridgehead atoms. The summed E-state index contributed by atoms with van der Waals surface area (Å²) in [6.45, 7) is 11.0. The fourth-order valence-electron chi connectivity index (χ4n) is 4.78. The lowest BCUT2D eigenvalue weighted by atomic mass is 9.96. The number of hydrogen-bond donors (Lipinski definition) is 1. The summed E-state index contributed by atoms with van der Waals surface area (Å²) >= 11 is 1.84. The summed E-state index contributed by atoms with van der Waals surface area (Å²) in [6, 6.07) is 4.50. The predicted octanol–water partition coefficient (Wildman–Crippen LogP) is 2.71. The van der Waals surface area contributed by atoms with Crippen LogP contribution in [0, 0.1) is 11.8 Å². The lowest BCUT2D eigenvalue weighted by Gasteiger charge is -2.36. The molecule has 0 unspecified atom stereocenters. The molecule has 0 saturated carbocycles. The van der Waals surface area contributed by atoms with Crippen molar-refractivity contribution >= 4 is 17.4 Å². The molecule has 1 aromatic heterocycles. The molecule has 162 valence electrons. The van der Waals surface area contributed by atoms with Gasteiger partial charge in [0, 0.05) is 50.7 Å². The van der Waals surface area contributed by atoms with E-state index in [2.05, 4.69) is 32.6 Å². The zero-order chi connectivity index (χ0) is 19.9. The number of thiophene rings is 1. The molecule has 0 spiro atoms. The summed E-state index contributed by atoms with van der Waals surface area (Å²) in [5.74, 6) is 1.35. The molecule has 0 radical (unpaired) electrons. The average Bonchev–Trinajstić information content (AvgIpc) is 3.27. The first kappa shape index (κ1) is 21.1. The molecule has 4 rings (SSSR count). The lowest BCUT2D eigenvalue weighted by molar-refractivity contribution is 0.0258. The van der Waals surface area contributed by atoms with E-state index in [1.807, 2.05) is 16.2 Å². The van der Waals surface area contributed by atoms with Crippen LogP contribution in [-0.4, -0.2) is 86.3 Å². The van der Waals surface area contributed by atoms with Crippen molar-refractivity contribution in [3.63, 3.8) is 0 Å². The van der Waals surface area contributed by atoms with E-state index in [9.17, 15) is 4.79 Å². The quantitative estimate of drug-likeness (QED) is 0.769. The minimum atomic E-state index is 0.149. The van der Waals surface area contributed by atoms with Crippen LogP contribution < -0.4 is 5.32 Å². The number of rotatable bonds is 6. The van der Waals surface area contributed by atoms with Gasteiger partial charge < -0.3 is 15.0 Å². The molecule has 3 aliphatic heterocycles. The first-order chi connectivity index (χ1) is 14.3.